The summed E-state index contributed by atoms with van der Waals surface area (Å²) in [5.41, 5.74) is 5.88. The van der Waals surface area contributed by atoms with Crippen molar-refractivity contribution >= 4 is 23.2 Å². The third-order valence-electron chi connectivity index (χ3n) is 5.96. The van der Waals surface area contributed by atoms with Crippen molar-refractivity contribution in [3.63, 3.8) is 0 Å². The molecule has 0 atom stereocenters. The summed E-state index contributed by atoms with van der Waals surface area (Å²) in [4.78, 5) is 29.7. The van der Waals surface area contributed by atoms with Gasteiger partial charge in [-0.3, -0.25) is 9.59 Å². The van der Waals surface area contributed by atoms with Crippen molar-refractivity contribution < 1.29 is 14.0 Å². The van der Waals surface area contributed by atoms with E-state index >= 15 is 0 Å². The number of nitrogens with zero attached hydrogens (tertiary/aromatic N) is 2. The van der Waals surface area contributed by atoms with Gasteiger partial charge in [-0.15, -0.1) is 0 Å². The summed E-state index contributed by atoms with van der Waals surface area (Å²) >= 11 is 0. The molecule has 6 nitrogen and oxygen atoms in total. The fraction of sp³-hybridized carbons (Fsp3) is 0.280. The standard InChI is InChI=1S/C25H27N3O3/c1-17-6-4-7-22(19(17)3)27-11-13-28(14-12-27)25(30)20-10-9-18(2)21(16-20)26-24(29)23-8-5-15-31-23/h4-10,15-16H,11-14H2,1-3H3,(H,26,29). The largest absolute Gasteiger partial charge is 0.459 e. The molecule has 0 saturated carbocycles. The predicted octanol–water partition coefficient (Wildman–Crippen LogP) is 4.42. The molecule has 1 aliphatic heterocycles. The van der Waals surface area contributed by atoms with Gasteiger partial charge in [0.15, 0.2) is 5.76 Å². The molecule has 31 heavy (non-hydrogen) atoms. The van der Waals surface area contributed by atoms with Crippen LogP contribution < -0.4 is 10.2 Å². The summed E-state index contributed by atoms with van der Waals surface area (Å²) in [6.07, 6.45) is 1.46. The molecule has 4 rings (SSSR count). The number of piperazine rings is 1. The van der Waals surface area contributed by atoms with E-state index in [1.807, 2.05) is 24.0 Å². The fourth-order valence-electron chi connectivity index (χ4n) is 3.89. The molecule has 3 aromatic rings. The van der Waals surface area contributed by atoms with E-state index in [1.165, 1.54) is 23.1 Å². The second-order valence-electron chi connectivity index (χ2n) is 7.96. The van der Waals surface area contributed by atoms with Crippen LogP contribution in [-0.4, -0.2) is 42.9 Å². The highest BCUT2D eigenvalue weighted by Crippen LogP contribution is 2.25. The molecule has 160 valence electrons. The van der Waals surface area contributed by atoms with Crippen molar-refractivity contribution in [2.45, 2.75) is 20.8 Å². The lowest BCUT2D eigenvalue weighted by Crippen LogP contribution is -2.49. The summed E-state index contributed by atoms with van der Waals surface area (Å²) in [5.74, 6) is -0.118. The van der Waals surface area contributed by atoms with Crippen LogP contribution in [-0.2, 0) is 0 Å². The quantitative estimate of drug-likeness (QED) is 0.683. The van der Waals surface area contributed by atoms with Gasteiger partial charge in [0.25, 0.3) is 11.8 Å². The van der Waals surface area contributed by atoms with E-state index in [0.29, 0.717) is 24.3 Å². The van der Waals surface area contributed by atoms with Gasteiger partial charge in [-0.2, -0.15) is 0 Å². The molecule has 1 aliphatic rings. The van der Waals surface area contributed by atoms with Crippen LogP contribution in [0.1, 0.15) is 37.6 Å². The molecule has 1 N–H and O–H groups in total. The molecule has 0 radical (unpaired) electrons. The van der Waals surface area contributed by atoms with E-state index in [0.717, 1.165) is 18.7 Å². The summed E-state index contributed by atoms with van der Waals surface area (Å²) in [6, 6.07) is 15.0. The van der Waals surface area contributed by atoms with E-state index in [1.54, 1.807) is 18.2 Å². The molecular weight excluding hydrogens is 390 g/mol. The SMILES string of the molecule is Cc1ccc(C(=O)N2CCN(c3cccc(C)c3C)CC2)cc1NC(=O)c1ccco1. The molecule has 0 unspecified atom stereocenters. The molecule has 0 bridgehead atoms. The van der Waals surface area contributed by atoms with Crippen LogP contribution >= 0.6 is 0 Å². The minimum atomic E-state index is -0.333. The third-order valence-corrected chi connectivity index (χ3v) is 5.96. The molecule has 6 heteroatoms. The first-order valence-corrected chi connectivity index (χ1v) is 10.5. The van der Waals surface area contributed by atoms with E-state index in [-0.39, 0.29) is 17.6 Å². The van der Waals surface area contributed by atoms with Gasteiger partial charge in [-0.25, -0.2) is 0 Å². The van der Waals surface area contributed by atoms with Crippen LogP contribution in [0.5, 0.6) is 0 Å². The van der Waals surface area contributed by atoms with Crippen LogP contribution in [0.2, 0.25) is 0 Å². The van der Waals surface area contributed by atoms with Crippen molar-refractivity contribution in [2.75, 3.05) is 36.4 Å². The van der Waals surface area contributed by atoms with Crippen molar-refractivity contribution in [2.24, 2.45) is 0 Å². The Morgan fingerprint density at radius 3 is 2.39 bits per heavy atom. The second-order valence-corrected chi connectivity index (χ2v) is 7.96. The van der Waals surface area contributed by atoms with Crippen LogP contribution in [0, 0.1) is 20.8 Å². The molecule has 0 spiro atoms. The van der Waals surface area contributed by atoms with Crippen LogP contribution in [0.3, 0.4) is 0 Å². The molecule has 0 aliphatic carbocycles. The second kappa shape index (κ2) is 8.68. The molecule has 1 aromatic heterocycles. The first kappa shape index (κ1) is 20.7. The van der Waals surface area contributed by atoms with Gasteiger partial charge in [0.2, 0.25) is 0 Å². The van der Waals surface area contributed by atoms with E-state index in [9.17, 15) is 9.59 Å². The zero-order valence-corrected chi connectivity index (χ0v) is 18.1. The Hall–Kier alpha value is -3.54. The maximum Gasteiger partial charge on any atom is 0.291 e. The van der Waals surface area contributed by atoms with Crippen LogP contribution in [0.15, 0.2) is 59.2 Å². The zero-order valence-electron chi connectivity index (χ0n) is 18.1. The number of anilines is 2. The topological polar surface area (TPSA) is 65.8 Å². The number of rotatable bonds is 4. The average Bonchev–Trinajstić information content (AvgIpc) is 3.32. The highest BCUT2D eigenvalue weighted by Gasteiger charge is 2.24. The molecule has 2 heterocycles. The lowest BCUT2D eigenvalue weighted by atomic mass is 10.1. The monoisotopic (exact) mass is 417 g/mol. The van der Waals surface area contributed by atoms with E-state index < -0.39 is 0 Å². The Bertz CT molecular complexity index is 1100. The average molecular weight is 418 g/mol. The molecule has 2 aromatic carbocycles. The fourth-order valence-corrected chi connectivity index (χ4v) is 3.89. The Balaban J connectivity index is 1.44. The number of benzene rings is 2. The van der Waals surface area contributed by atoms with Crippen molar-refractivity contribution in [1.82, 2.24) is 4.90 Å². The van der Waals surface area contributed by atoms with Gasteiger partial charge in [0, 0.05) is 43.1 Å². The molecule has 1 saturated heterocycles. The van der Waals surface area contributed by atoms with Gasteiger partial charge in [0.05, 0.1) is 6.26 Å². The number of amides is 2. The normalized spacial score (nSPS) is 13.9. The number of carbonyl (C=O) groups is 2. The molecular formula is C25H27N3O3. The maximum absolute atomic E-state index is 13.1. The van der Waals surface area contributed by atoms with Gasteiger partial charge in [-0.05, 0) is 67.8 Å². The predicted molar refractivity (Wildman–Crippen MR) is 122 cm³/mol. The number of furan rings is 1. The smallest absolute Gasteiger partial charge is 0.291 e. The lowest BCUT2D eigenvalue weighted by molar-refractivity contribution is 0.0746. The number of carbonyl (C=O) groups excluding carboxylic acids is 2. The summed E-state index contributed by atoms with van der Waals surface area (Å²) < 4.78 is 5.15. The summed E-state index contributed by atoms with van der Waals surface area (Å²) in [6.45, 7) is 9.08. The Labute approximate surface area is 182 Å². The first-order chi connectivity index (χ1) is 14.9. The van der Waals surface area contributed by atoms with E-state index in [2.05, 4.69) is 42.3 Å². The highest BCUT2D eigenvalue weighted by molar-refractivity contribution is 6.04. The first-order valence-electron chi connectivity index (χ1n) is 10.5. The number of aryl methyl sites for hydroxylation is 2. The lowest BCUT2D eigenvalue weighted by Gasteiger charge is -2.37. The Morgan fingerprint density at radius 1 is 0.903 bits per heavy atom. The molecule has 1 fully saturated rings. The maximum atomic E-state index is 13.1. The van der Waals surface area contributed by atoms with Crippen LogP contribution in [0.25, 0.3) is 0 Å². The minimum absolute atomic E-state index is 0.0193. The van der Waals surface area contributed by atoms with Gasteiger partial charge in [-0.1, -0.05) is 18.2 Å². The summed E-state index contributed by atoms with van der Waals surface area (Å²) in [7, 11) is 0. The van der Waals surface area contributed by atoms with Crippen molar-refractivity contribution in [3.05, 3.63) is 82.8 Å². The van der Waals surface area contributed by atoms with Gasteiger partial charge < -0.3 is 19.5 Å². The number of nitrogens with one attached hydrogen (secondary N) is 1. The number of hydrogen-bond acceptors (Lipinski definition) is 4. The van der Waals surface area contributed by atoms with Crippen LogP contribution in [0.4, 0.5) is 11.4 Å². The Morgan fingerprint density at radius 2 is 1.68 bits per heavy atom. The summed E-state index contributed by atoms with van der Waals surface area (Å²) in [5, 5.41) is 2.84. The van der Waals surface area contributed by atoms with Gasteiger partial charge >= 0.3 is 0 Å². The highest BCUT2D eigenvalue weighted by atomic mass is 16.3. The third kappa shape index (κ3) is 4.33. The number of hydrogen-bond donors (Lipinski definition) is 1. The molecule has 2 amide bonds. The Kier molecular flexibility index (Phi) is 5.80. The van der Waals surface area contributed by atoms with E-state index in [4.69, 9.17) is 4.42 Å². The minimum Gasteiger partial charge on any atom is -0.459 e. The van der Waals surface area contributed by atoms with Crippen molar-refractivity contribution in [3.8, 4) is 0 Å². The van der Waals surface area contributed by atoms with Gasteiger partial charge in [0.1, 0.15) is 0 Å². The van der Waals surface area contributed by atoms with Crippen molar-refractivity contribution in [1.29, 1.82) is 0 Å². The zero-order chi connectivity index (χ0) is 22.0.